The number of hydrogen-bond acceptors (Lipinski definition) is 5. The molecular weight excluding hydrogens is 284 g/mol. The van der Waals surface area contributed by atoms with Crippen molar-refractivity contribution in [2.75, 3.05) is 54.6 Å². The second-order valence-corrected chi connectivity index (χ2v) is 5.59. The minimum atomic E-state index is -0.0210. The number of rotatable bonds is 5. The van der Waals surface area contributed by atoms with Crippen molar-refractivity contribution < 1.29 is 19.0 Å². The van der Waals surface area contributed by atoms with E-state index in [1.807, 2.05) is 19.0 Å². The molecule has 6 nitrogen and oxygen atoms in total. The number of amides is 1. The van der Waals surface area contributed by atoms with Crippen molar-refractivity contribution in [2.24, 2.45) is 0 Å². The van der Waals surface area contributed by atoms with Gasteiger partial charge in [-0.25, -0.2) is 0 Å². The van der Waals surface area contributed by atoms with Crippen LogP contribution >= 0.6 is 0 Å². The van der Waals surface area contributed by atoms with E-state index in [0.29, 0.717) is 36.8 Å². The third-order valence-corrected chi connectivity index (χ3v) is 3.66. The zero-order valence-corrected chi connectivity index (χ0v) is 13.7. The molecule has 1 aliphatic rings. The Morgan fingerprint density at radius 2 is 1.91 bits per heavy atom. The molecule has 0 N–H and O–H groups in total. The van der Waals surface area contributed by atoms with Crippen LogP contribution in [0.15, 0.2) is 18.2 Å². The van der Waals surface area contributed by atoms with E-state index >= 15 is 0 Å². The number of morpholine rings is 1. The Hall–Kier alpha value is -1.79. The number of methoxy groups -OCH3 is 2. The SMILES string of the molecule is COc1cc(OC)cc(C(=O)N2CCOC[C@@H]2CN(C)C)c1. The molecule has 1 amide bonds. The molecule has 0 spiro atoms. The van der Waals surface area contributed by atoms with Crippen molar-refractivity contribution in [1.29, 1.82) is 0 Å². The average molecular weight is 308 g/mol. The number of benzene rings is 1. The van der Waals surface area contributed by atoms with Gasteiger partial charge in [0.2, 0.25) is 0 Å². The normalized spacial score (nSPS) is 18.4. The Morgan fingerprint density at radius 3 is 2.45 bits per heavy atom. The first kappa shape index (κ1) is 16.6. The van der Waals surface area contributed by atoms with Gasteiger partial charge in [0.1, 0.15) is 11.5 Å². The lowest BCUT2D eigenvalue weighted by atomic mass is 10.1. The van der Waals surface area contributed by atoms with E-state index in [-0.39, 0.29) is 11.9 Å². The van der Waals surface area contributed by atoms with Gasteiger partial charge in [0.25, 0.3) is 5.91 Å². The highest BCUT2D eigenvalue weighted by atomic mass is 16.5. The molecule has 0 bridgehead atoms. The smallest absolute Gasteiger partial charge is 0.254 e. The quantitative estimate of drug-likeness (QED) is 0.815. The summed E-state index contributed by atoms with van der Waals surface area (Å²) in [6.45, 7) is 2.49. The van der Waals surface area contributed by atoms with Crippen molar-refractivity contribution in [3.05, 3.63) is 23.8 Å². The minimum absolute atomic E-state index is 0.0210. The molecule has 1 aliphatic heterocycles. The number of hydrogen-bond donors (Lipinski definition) is 0. The van der Waals surface area contributed by atoms with Crippen LogP contribution in [0.1, 0.15) is 10.4 Å². The lowest BCUT2D eigenvalue weighted by molar-refractivity contribution is -0.00832. The van der Waals surface area contributed by atoms with Crippen molar-refractivity contribution in [3.63, 3.8) is 0 Å². The Bertz CT molecular complexity index is 497. The van der Waals surface area contributed by atoms with Crippen LogP contribution in [-0.4, -0.2) is 76.4 Å². The van der Waals surface area contributed by atoms with E-state index < -0.39 is 0 Å². The summed E-state index contributed by atoms with van der Waals surface area (Å²) in [6.07, 6.45) is 0. The fraction of sp³-hybridized carbons (Fsp3) is 0.562. The summed E-state index contributed by atoms with van der Waals surface area (Å²) in [5.41, 5.74) is 0.571. The highest BCUT2D eigenvalue weighted by Gasteiger charge is 2.29. The van der Waals surface area contributed by atoms with Gasteiger partial charge in [0.15, 0.2) is 0 Å². The van der Waals surface area contributed by atoms with Gasteiger partial charge in [0.05, 0.1) is 33.5 Å². The number of likely N-dealkylation sites (N-methyl/N-ethyl adjacent to an activating group) is 1. The Labute approximate surface area is 131 Å². The second-order valence-electron chi connectivity index (χ2n) is 5.59. The highest BCUT2D eigenvalue weighted by molar-refractivity contribution is 5.95. The summed E-state index contributed by atoms with van der Waals surface area (Å²) in [5, 5.41) is 0. The molecule has 1 aromatic carbocycles. The van der Waals surface area contributed by atoms with Gasteiger partial charge in [-0.3, -0.25) is 4.79 Å². The van der Waals surface area contributed by atoms with Gasteiger partial charge in [0, 0.05) is 24.7 Å². The van der Waals surface area contributed by atoms with Crippen molar-refractivity contribution in [3.8, 4) is 11.5 Å². The molecule has 0 aliphatic carbocycles. The molecule has 1 fully saturated rings. The van der Waals surface area contributed by atoms with Crippen LogP contribution in [0.5, 0.6) is 11.5 Å². The Kier molecular flexibility index (Phi) is 5.63. The first-order chi connectivity index (χ1) is 10.5. The molecule has 1 saturated heterocycles. The fourth-order valence-electron chi connectivity index (χ4n) is 2.59. The highest BCUT2D eigenvalue weighted by Crippen LogP contribution is 2.24. The molecule has 22 heavy (non-hydrogen) atoms. The summed E-state index contributed by atoms with van der Waals surface area (Å²) >= 11 is 0. The van der Waals surface area contributed by atoms with E-state index in [1.165, 1.54) is 0 Å². The van der Waals surface area contributed by atoms with E-state index in [1.54, 1.807) is 32.4 Å². The third kappa shape index (κ3) is 3.90. The number of ether oxygens (including phenoxy) is 3. The lowest BCUT2D eigenvalue weighted by Crippen LogP contribution is -2.52. The van der Waals surface area contributed by atoms with E-state index in [2.05, 4.69) is 4.90 Å². The molecule has 1 aromatic rings. The molecule has 2 rings (SSSR count). The van der Waals surface area contributed by atoms with E-state index in [9.17, 15) is 4.79 Å². The molecule has 122 valence electrons. The fourth-order valence-corrected chi connectivity index (χ4v) is 2.59. The van der Waals surface area contributed by atoms with Gasteiger partial charge in [-0.1, -0.05) is 0 Å². The topological polar surface area (TPSA) is 51.2 Å². The zero-order valence-electron chi connectivity index (χ0n) is 13.7. The van der Waals surface area contributed by atoms with Gasteiger partial charge in [-0.15, -0.1) is 0 Å². The van der Waals surface area contributed by atoms with Crippen LogP contribution in [0.2, 0.25) is 0 Å². The standard InChI is InChI=1S/C16H24N2O4/c1-17(2)10-13-11-22-6-5-18(13)16(19)12-7-14(20-3)9-15(8-12)21-4/h7-9,13H,5-6,10-11H2,1-4H3/t13-/m0/s1. The summed E-state index contributed by atoms with van der Waals surface area (Å²) in [6, 6.07) is 5.29. The van der Waals surface area contributed by atoms with Gasteiger partial charge >= 0.3 is 0 Å². The van der Waals surface area contributed by atoms with Crippen LogP contribution in [0.3, 0.4) is 0 Å². The van der Waals surface area contributed by atoms with Crippen molar-refractivity contribution >= 4 is 5.91 Å². The number of carbonyl (C=O) groups is 1. The predicted octanol–water partition coefficient (Wildman–Crippen LogP) is 1.11. The Morgan fingerprint density at radius 1 is 1.27 bits per heavy atom. The van der Waals surface area contributed by atoms with E-state index in [4.69, 9.17) is 14.2 Å². The van der Waals surface area contributed by atoms with Crippen LogP contribution in [0.4, 0.5) is 0 Å². The first-order valence-electron chi connectivity index (χ1n) is 7.31. The molecule has 0 unspecified atom stereocenters. The third-order valence-electron chi connectivity index (χ3n) is 3.66. The predicted molar refractivity (Wildman–Crippen MR) is 83.7 cm³/mol. The number of carbonyl (C=O) groups excluding carboxylic acids is 1. The molecule has 0 radical (unpaired) electrons. The van der Waals surface area contributed by atoms with Gasteiger partial charge in [-0.05, 0) is 26.2 Å². The Balaban J connectivity index is 2.24. The zero-order chi connectivity index (χ0) is 16.1. The van der Waals surface area contributed by atoms with Crippen molar-refractivity contribution in [2.45, 2.75) is 6.04 Å². The summed E-state index contributed by atoms with van der Waals surface area (Å²) in [5.74, 6) is 1.20. The molecule has 6 heteroatoms. The van der Waals surface area contributed by atoms with Crippen LogP contribution in [0, 0.1) is 0 Å². The number of nitrogens with zero attached hydrogens (tertiary/aromatic N) is 2. The molecule has 0 saturated carbocycles. The maximum atomic E-state index is 12.9. The lowest BCUT2D eigenvalue weighted by Gasteiger charge is -2.37. The summed E-state index contributed by atoms with van der Waals surface area (Å²) in [4.78, 5) is 16.8. The van der Waals surface area contributed by atoms with Crippen LogP contribution < -0.4 is 9.47 Å². The maximum absolute atomic E-state index is 12.9. The summed E-state index contributed by atoms with van der Waals surface area (Å²) in [7, 11) is 7.14. The van der Waals surface area contributed by atoms with Crippen LogP contribution in [-0.2, 0) is 4.74 Å². The summed E-state index contributed by atoms with van der Waals surface area (Å²) < 4.78 is 16.0. The maximum Gasteiger partial charge on any atom is 0.254 e. The monoisotopic (exact) mass is 308 g/mol. The largest absolute Gasteiger partial charge is 0.497 e. The first-order valence-corrected chi connectivity index (χ1v) is 7.31. The second kappa shape index (κ2) is 7.47. The van der Waals surface area contributed by atoms with Crippen LogP contribution in [0.25, 0.3) is 0 Å². The van der Waals surface area contributed by atoms with Gasteiger partial charge < -0.3 is 24.0 Å². The van der Waals surface area contributed by atoms with Gasteiger partial charge in [-0.2, -0.15) is 0 Å². The average Bonchev–Trinajstić information content (AvgIpc) is 2.53. The minimum Gasteiger partial charge on any atom is -0.497 e. The van der Waals surface area contributed by atoms with Crippen molar-refractivity contribution in [1.82, 2.24) is 9.80 Å². The molecule has 1 atom stereocenters. The molecular formula is C16H24N2O4. The molecule has 0 aromatic heterocycles. The van der Waals surface area contributed by atoms with E-state index in [0.717, 1.165) is 6.54 Å². The molecule has 1 heterocycles.